The van der Waals surface area contributed by atoms with E-state index in [1.165, 1.54) is 12.5 Å². The summed E-state index contributed by atoms with van der Waals surface area (Å²) in [7, 11) is 0. The van der Waals surface area contributed by atoms with E-state index in [0.717, 1.165) is 22.9 Å². The third kappa shape index (κ3) is 6.64. The lowest BCUT2D eigenvalue weighted by atomic mass is 9.96. The fraction of sp³-hybridized carbons (Fsp3) is 0.286. The van der Waals surface area contributed by atoms with E-state index in [1.54, 1.807) is 38.1 Å². The molecule has 0 fully saturated rings. The summed E-state index contributed by atoms with van der Waals surface area (Å²) < 4.78 is 69.9. The lowest BCUT2D eigenvalue weighted by molar-refractivity contribution is -0.142. The van der Waals surface area contributed by atoms with Gasteiger partial charge >= 0.3 is 6.18 Å². The number of alkyl halides is 3. The van der Waals surface area contributed by atoms with E-state index in [0.29, 0.717) is 27.5 Å². The molecule has 2 aromatic carbocycles. The molecule has 2 heterocycles. The highest BCUT2D eigenvalue weighted by Gasteiger charge is 2.38. The topological polar surface area (TPSA) is 72.7 Å². The second kappa shape index (κ2) is 12.1. The van der Waals surface area contributed by atoms with Crippen molar-refractivity contribution in [3.8, 4) is 11.1 Å². The molecule has 0 aliphatic carbocycles. The number of hydrogen-bond acceptors (Lipinski definition) is 4. The number of amides is 1. The molecule has 2 aromatic heterocycles. The average Bonchev–Trinajstić information content (AvgIpc) is 3.26. The van der Waals surface area contributed by atoms with E-state index in [9.17, 15) is 26.7 Å². The van der Waals surface area contributed by atoms with E-state index in [2.05, 4.69) is 20.4 Å². The molecule has 1 N–H and O–H groups in total. The van der Waals surface area contributed by atoms with Crippen molar-refractivity contribution in [3.05, 3.63) is 99.9 Å². The minimum atomic E-state index is -4.67. The highest BCUT2D eigenvalue weighted by Crippen LogP contribution is 2.33. The van der Waals surface area contributed by atoms with Crippen LogP contribution in [0.4, 0.5) is 22.0 Å². The van der Waals surface area contributed by atoms with Crippen LogP contribution in [-0.2, 0) is 36.8 Å². The van der Waals surface area contributed by atoms with Crippen LogP contribution in [0.25, 0.3) is 11.1 Å². The smallest absolute Gasteiger partial charge is 0.346 e. The van der Waals surface area contributed by atoms with Crippen LogP contribution in [0.2, 0.25) is 5.02 Å². The number of halogens is 6. The molecular weight excluding hydrogens is 553 g/mol. The molecule has 0 aliphatic rings. The quantitative estimate of drug-likeness (QED) is 0.230. The van der Waals surface area contributed by atoms with Crippen LogP contribution < -0.4 is 5.32 Å². The first-order valence-electron chi connectivity index (χ1n) is 12.5. The Hall–Kier alpha value is -3.86. The lowest BCUT2D eigenvalue weighted by Gasteiger charge is -2.21. The zero-order chi connectivity index (χ0) is 29.0. The summed E-state index contributed by atoms with van der Waals surface area (Å²) >= 11 is 6.02. The first-order chi connectivity index (χ1) is 19.0. The Morgan fingerprint density at radius 1 is 1.05 bits per heavy atom. The summed E-state index contributed by atoms with van der Waals surface area (Å²) in [5.41, 5.74) is 1.11. The van der Waals surface area contributed by atoms with Gasteiger partial charge in [-0.2, -0.15) is 18.3 Å². The van der Waals surface area contributed by atoms with Gasteiger partial charge in [0.25, 0.3) is 0 Å². The van der Waals surface area contributed by atoms with Gasteiger partial charge in [-0.25, -0.2) is 18.7 Å². The van der Waals surface area contributed by atoms with Gasteiger partial charge in [-0.3, -0.25) is 9.48 Å². The van der Waals surface area contributed by atoms with Gasteiger partial charge in [0.2, 0.25) is 5.91 Å². The maximum atomic E-state index is 14.0. The summed E-state index contributed by atoms with van der Waals surface area (Å²) in [6.07, 6.45) is -1.60. The number of rotatable bonds is 9. The molecule has 1 amide bonds. The van der Waals surface area contributed by atoms with Gasteiger partial charge in [0.05, 0.1) is 11.7 Å². The molecule has 6 nitrogen and oxygen atoms in total. The Labute approximate surface area is 232 Å². The number of benzene rings is 2. The molecule has 4 rings (SSSR count). The second-order valence-electron chi connectivity index (χ2n) is 9.07. The normalized spacial score (nSPS) is 12.4. The van der Waals surface area contributed by atoms with E-state index in [-0.39, 0.29) is 30.4 Å². The predicted molar refractivity (Wildman–Crippen MR) is 139 cm³/mol. The second-order valence-corrected chi connectivity index (χ2v) is 9.50. The average molecular weight is 578 g/mol. The predicted octanol–water partition coefficient (Wildman–Crippen LogP) is 6.52. The highest BCUT2D eigenvalue weighted by molar-refractivity contribution is 6.30. The summed E-state index contributed by atoms with van der Waals surface area (Å²) in [4.78, 5) is 21.7. The van der Waals surface area contributed by atoms with Crippen molar-refractivity contribution in [1.29, 1.82) is 0 Å². The van der Waals surface area contributed by atoms with Crippen LogP contribution in [0.5, 0.6) is 0 Å². The first kappa shape index (κ1) is 29.1. The monoisotopic (exact) mass is 577 g/mol. The van der Waals surface area contributed by atoms with Gasteiger partial charge in [-0.1, -0.05) is 37.6 Å². The van der Waals surface area contributed by atoms with E-state index in [1.807, 2.05) is 0 Å². The van der Waals surface area contributed by atoms with Gasteiger partial charge in [-0.15, -0.1) is 0 Å². The number of nitrogens with zero attached hydrogens (tertiary/aromatic N) is 4. The van der Waals surface area contributed by atoms with Gasteiger partial charge in [0, 0.05) is 34.1 Å². The Balaban J connectivity index is 1.72. The van der Waals surface area contributed by atoms with Gasteiger partial charge in [-0.05, 0) is 54.7 Å². The Morgan fingerprint density at radius 2 is 1.73 bits per heavy atom. The molecule has 0 saturated carbocycles. The molecule has 1 atom stereocenters. The van der Waals surface area contributed by atoms with Crippen molar-refractivity contribution < 1.29 is 26.7 Å². The fourth-order valence-corrected chi connectivity index (χ4v) is 4.81. The van der Waals surface area contributed by atoms with Crippen LogP contribution in [0.1, 0.15) is 48.1 Å². The van der Waals surface area contributed by atoms with Gasteiger partial charge < -0.3 is 5.32 Å². The number of aromatic nitrogens is 4. The van der Waals surface area contributed by atoms with Crippen LogP contribution in [-0.4, -0.2) is 25.7 Å². The summed E-state index contributed by atoms with van der Waals surface area (Å²) in [6.45, 7) is 2.78. The molecule has 210 valence electrons. The van der Waals surface area contributed by atoms with E-state index in [4.69, 9.17) is 11.6 Å². The highest BCUT2D eigenvalue weighted by atomic mass is 35.5. The van der Waals surface area contributed by atoms with E-state index >= 15 is 0 Å². The molecule has 0 aliphatic heterocycles. The van der Waals surface area contributed by atoms with Gasteiger partial charge in [0.15, 0.2) is 5.69 Å². The summed E-state index contributed by atoms with van der Waals surface area (Å²) in [5.74, 6) is -2.25. The maximum absolute atomic E-state index is 14.0. The molecule has 4 aromatic rings. The molecule has 40 heavy (non-hydrogen) atoms. The minimum Gasteiger partial charge on any atom is -0.346 e. The minimum absolute atomic E-state index is 0.0374. The van der Waals surface area contributed by atoms with Crippen molar-refractivity contribution in [2.45, 2.75) is 51.9 Å². The standard InChI is InChI=1S/C28H25ClF5N5O/c1-3-21-24(4-2)39(38-27(21)28(32,33)34)14-25(40)37-23(11-16-9-19(30)12-20(31)10-16)26-22(13-35-15-36-26)17-5-7-18(29)8-6-17/h5-10,12-13,15,23H,3-4,11,14H2,1-2H3,(H,37,40). The van der Waals surface area contributed by atoms with Crippen LogP contribution in [0.3, 0.4) is 0 Å². The third-order valence-electron chi connectivity index (χ3n) is 6.34. The Morgan fingerprint density at radius 3 is 2.33 bits per heavy atom. The summed E-state index contributed by atoms with van der Waals surface area (Å²) in [6, 6.07) is 8.87. The third-order valence-corrected chi connectivity index (χ3v) is 6.59. The SMILES string of the molecule is CCc1c(C(F)(F)F)nn(CC(=O)NC(Cc2cc(F)cc(F)c2)c2ncncc2-c2ccc(Cl)cc2)c1CC. The zero-order valence-corrected chi connectivity index (χ0v) is 22.3. The summed E-state index contributed by atoms with van der Waals surface area (Å²) in [5, 5.41) is 7.00. The Kier molecular flexibility index (Phi) is 8.82. The number of hydrogen-bond donors (Lipinski definition) is 1. The maximum Gasteiger partial charge on any atom is 0.435 e. The fourth-order valence-electron chi connectivity index (χ4n) is 4.69. The molecule has 1 unspecified atom stereocenters. The van der Waals surface area contributed by atoms with Gasteiger partial charge in [0.1, 0.15) is 24.5 Å². The van der Waals surface area contributed by atoms with Crippen molar-refractivity contribution in [1.82, 2.24) is 25.1 Å². The van der Waals surface area contributed by atoms with Crippen LogP contribution >= 0.6 is 11.6 Å². The number of carbonyl (C=O) groups excluding carboxylic acids is 1. The largest absolute Gasteiger partial charge is 0.435 e. The van der Waals surface area contributed by atoms with Crippen LogP contribution in [0.15, 0.2) is 55.0 Å². The van der Waals surface area contributed by atoms with Crippen LogP contribution in [0, 0.1) is 11.6 Å². The number of nitrogens with one attached hydrogen (secondary N) is 1. The molecular formula is C28H25ClF5N5O. The molecule has 12 heteroatoms. The molecule has 0 spiro atoms. The van der Waals surface area contributed by atoms with Crippen molar-refractivity contribution in [3.63, 3.8) is 0 Å². The van der Waals surface area contributed by atoms with Crippen molar-refractivity contribution in [2.24, 2.45) is 0 Å². The van der Waals surface area contributed by atoms with Crippen molar-refractivity contribution >= 4 is 17.5 Å². The lowest BCUT2D eigenvalue weighted by Crippen LogP contribution is -2.34. The molecule has 0 bridgehead atoms. The van der Waals surface area contributed by atoms with E-state index < -0.39 is 42.0 Å². The Bertz CT molecular complexity index is 1480. The number of carbonyl (C=O) groups is 1. The molecule has 0 radical (unpaired) electrons. The first-order valence-corrected chi connectivity index (χ1v) is 12.8. The van der Waals surface area contributed by atoms with Crippen molar-refractivity contribution in [2.75, 3.05) is 0 Å². The zero-order valence-electron chi connectivity index (χ0n) is 21.6. The molecule has 0 saturated heterocycles.